The van der Waals surface area contributed by atoms with E-state index in [1.54, 1.807) is 11.7 Å². The van der Waals surface area contributed by atoms with Crippen LogP contribution < -0.4 is 4.74 Å². The molecule has 1 fully saturated rings. The fourth-order valence-electron chi connectivity index (χ4n) is 4.14. The summed E-state index contributed by atoms with van der Waals surface area (Å²) in [6.45, 7) is 6.92. The van der Waals surface area contributed by atoms with Crippen LogP contribution in [0.25, 0.3) is 0 Å². The molecule has 1 saturated heterocycles. The molecule has 2 aliphatic rings. The molecule has 0 amide bonds. The number of hydrogen-bond donors (Lipinski definition) is 0. The average Bonchev–Trinajstić information content (AvgIpc) is 3.25. The molecule has 29 heavy (non-hydrogen) atoms. The van der Waals surface area contributed by atoms with Crippen molar-refractivity contribution in [1.82, 2.24) is 4.57 Å². The highest BCUT2D eigenvalue weighted by atomic mass is 16.7. The van der Waals surface area contributed by atoms with Crippen LogP contribution in [0.2, 0.25) is 0 Å². The number of aromatic nitrogens is 1. The molecule has 6 nitrogen and oxygen atoms in total. The molecule has 0 N–H and O–H groups in total. The molecule has 0 radical (unpaired) electrons. The van der Waals surface area contributed by atoms with E-state index in [4.69, 9.17) is 18.9 Å². The Hall–Kier alpha value is -2.31. The quantitative estimate of drug-likeness (QED) is 0.778. The Morgan fingerprint density at radius 2 is 1.86 bits per heavy atom. The molecule has 4 rings (SSSR count). The molecule has 2 aromatic rings. The first kappa shape index (κ1) is 20.0. The molecule has 0 unspecified atom stereocenters. The van der Waals surface area contributed by atoms with Crippen molar-refractivity contribution >= 4 is 6.09 Å². The van der Waals surface area contributed by atoms with Crippen LogP contribution in [-0.4, -0.2) is 42.4 Å². The van der Waals surface area contributed by atoms with Gasteiger partial charge in [-0.1, -0.05) is 12.1 Å². The number of methoxy groups -OCH3 is 1. The van der Waals surface area contributed by atoms with Crippen molar-refractivity contribution in [2.45, 2.75) is 57.8 Å². The Bertz CT molecular complexity index is 885. The van der Waals surface area contributed by atoms with Gasteiger partial charge in [-0.2, -0.15) is 0 Å². The van der Waals surface area contributed by atoms with Gasteiger partial charge in [-0.15, -0.1) is 0 Å². The molecule has 1 aromatic carbocycles. The third-order valence-corrected chi connectivity index (χ3v) is 5.41. The second-order valence-electron chi connectivity index (χ2n) is 8.73. The predicted octanol–water partition coefficient (Wildman–Crippen LogP) is 4.10. The monoisotopic (exact) mass is 399 g/mol. The second-order valence-corrected chi connectivity index (χ2v) is 8.73. The zero-order valence-corrected chi connectivity index (χ0v) is 17.6. The van der Waals surface area contributed by atoms with Crippen molar-refractivity contribution in [3.8, 4) is 5.75 Å². The summed E-state index contributed by atoms with van der Waals surface area (Å²) in [6.07, 6.45) is 2.43. The summed E-state index contributed by atoms with van der Waals surface area (Å²) in [5.41, 5.74) is 3.58. The van der Waals surface area contributed by atoms with Gasteiger partial charge in [-0.3, -0.25) is 4.57 Å². The van der Waals surface area contributed by atoms with Gasteiger partial charge >= 0.3 is 6.09 Å². The molecular weight excluding hydrogens is 370 g/mol. The SMILES string of the molecule is COc1ccc(Cc2cc3c(n2C(=O)OC(C)(C)C)CCC2(C3)OCCO2)cc1. The van der Waals surface area contributed by atoms with Crippen molar-refractivity contribution < 1.29 is 23.7 Å². The van der Waals surface area contributed by atoms with Crippen molar-refractivity contribution in [1.29, 1.82) is 0 Å². The topological polar surface area (TPSA) is 58.9 Å². The number of fused-ring (bicyclic) bond motifs is 1. The summed E-state index contributed by atoms with van der Waals surface area (Å²) in [7, 11) is 1.65. The van der Waals surface area contributed by atoms with Gasteiger partial charge in [0, 0.05) is 30.7 Å². The minimum Gasteiger partial charge on any atom is -0.497 e. The van der Waals surface area contributed by atoms with Gasteiger partial charge < -0.3 is 18.9 Å². The summed E-state index contributed by atoms with van der Waals surface area (Å²) in [5.74, 6) is 0.276. The standard InChI is InChI=1S/C23H29NO5/c1-22(2,3)29-21(25)24-18(13-16-5-7-19(26-4)8-6-16)14-17-15-23(10-9-20(17)24)27-11-12-28-23/h5-8,14H,9-13,15H2,1-4H3. The van der Waals surface area contributed by atoms with Crippen LogP contribution in [0, 0.1) is 0 Å². The molecule has 156 valence electrons. The van der Waals surface area contributed by atoms with Gasteiger partial charge in [-0.05, 0) is 56.5 Å². The maximum absolute atomic E-state index is 13.1. The first-order valence-electron chi connectivity index (χ1n) is 10.2. The zero-order valence-electron chi connectivity index (χ0n) is 17.6. The van der Waals surface area contributed by atoms with E-state index in [-0.39, 0.29) is 6.09 Å². The smallest absolute Gasteiger partial charge is 0.418 e. The van der Waals surface area contributed by atoms with Crippen LogP contribution >= 0.6 is 0 Å². The lowest BCUT2D eigenvalue weighted by molar-refractivity contribution is -0.164. The van der Waals surface area contributed by atoms with E-state index in [1.165, 1.54) is 0 Å². The van der Waals surface area contributed by atoms with Gasteiger partial charge in [0.2, 0.25) is 0 Å². The molecule has 0 saturated carbocycles. The third kappa shape index (κ3) is 4.19. The number of rotatable bonds is 3. The summed E-state index contributed by atoms with van der Waals surface area (Å²) in [5, 5.41) is 0. The van der Waals surface area contributed by atoms with E-state index in [1.807, 2.05) is 45.0 Å². The summed E-state index contributed by atoms with van der Waals surface area (Å²) in [6, 6.07) is 10.0. The molecular formula is C23H29NO5. The van der Waals surface area contributed by atoms with Crippen molar-refractivity contribution in [2.24, 2.45) is 0 Å². The molecule has 0 bridgehead atoms. The molecule has 6 heteroatoms. The maximum atomic E-state index is 13.1. The Morgan fingerprint density at radius 1 is 1.17 bits per heavy atom. The number of hydrogen-bond acceptors (Lipinski definition) is 5. The predicted molar refractivity (Wildman–Crippen MR) is 109 cm³/mol. The highest BCUT2D eigenvalue weighted by Crippen LogP contribution is 2.37. The Balaban J connectivity index is 1.68. The largest absolute Gasteiger partial charge is 0.497 e. The van der Waals surface area contributed by atoms with E-state index in [0.29, 0.717) is 26.1 Å². The van der Waals surface area contributed by atoms with Crippen LogP contribution in [0.3, 0.4) is 0 Å². The van der Waals surface area contributed by atoms with Crippen LogP contribution in [0.5, 0.6) is 5.75 Å². The molecule has 1 aromatic heterocycles. The average molecular weight is 399 g/mol. The Labute approximate surface area is 171 Å². The van der Waals surface area contributed by atoms with E-state index < -0.39 is 11.4 Å². The van der Waals surface area contributed by atoms with Crippen molar-refractivity contribution in [2.75, 3.05) is 20.3 Å². The first-order valence-corrected chi connectivity index (χ1v) is 10.2. The second kappa shape index (κ2) is 7.50. The number of nitrogens with zero attached hydrogens (tertiary/aromatic N) is 1. The van der Waals surface area contributed by atoms with Crippen LogP contribution in [0.4, 0.5) is 4.79 Å². The van der Waals surface area contributed by atoms with Gasteiger partial charge in [0.05, 0.1) is 20.3 Å². The fraction of sp³-hybridized carbons (Fsp3) is 0.522. The van der Waals surface area contributed by atoms with Crippen molar-refractivity contribution in [3.63, 3.8) is 0 Å². The first-order chi connectivity index (χ1) is 13.8. The summed E-state index contributed by atoms with van der Waals surface area (Å²) in [4.78, 5) is 13.1. The Morgan fingerprint density at radius 3 is 2.48 bits per heavy atom. The molecule has 1 aliphatic carbocycles. The highest BCUT2D eigenvalue weighted by molar-refractivity contribution is 5.74. The van der Waals surface area contributed by atoms with E-state index in [9.17, 15) is 4.79 Å². The lowest BCUT2D eigenvalue weighted by Crippen LogP contribution is -2.38. The molecule has 0 atom stereocenters. The van der Waals surface area contributed by atoms with Crippen LogP contribution in [0.1, 0.15) is 49.7 Å². The third-order valence-electron chi connectivity index (χ3n) is 5.41. The lowest BCUT2D eigenvalue weighted by Gasteiger charge is -2.32. The van der Waals surface area contributed by atoms with Gasteiger partial charge in [-0.25, -0.2) is 4.79 Å². The Kier molecular flexibility index (Phi) is 5.17. The van der Waals surface area contributed by atoms with Crippen LogP contribution in [-0.2, 0) is 33.5 Å². The molecule has 1 aliphatic heterocycles. The molecule has 1 spiro atoms. The number of carbonyl (C=O) groups excluding carboxylic acids is 1. The normalized spacial score (nSPS) is 17.9. The van der Waals surface area contributed by atoms with E-state index >= 15 is 0 Å². The highest BCUT2D eigenvalue weighted by Gasteiger charge is 2.42. The fourth-order valence-corrected chi connectivity index (χ4v) is 4.14. The van der Waals surface area contributed by atoms with Crippen molar-refractivity contribution in [3.05, 3.63) is 52.8 Å². The summed E-state index contributed by atoms with van der Waals surface area (Å²) >= 11 is 0. The van der Waals surface area contributed by atoms with Gasteiger partial charge in [0.15, 0.2) is 5.79 Å². The number of benzene rings is 1. The lowest BCUT2D eigenvalue weighted by atomic mass is 9.92. The number of ether oxygens (including phenoxy) is 4. The van der Waals surface area contributed by atoms with Crippen LogP contribution in [0.15, 0.2) is 30.3 Å². The minimum atomic E-state index is -0.556. The minimum absolute atomic E-state index is 0.327. The van der Waals surface area contributed by atoms with Gasteiger partial charge in [0.1, 0.15) is 11.4 Å². The maximum Gasteiger partial charge on any atom is 0.418 e. The van der Waals surface area contributed by atoms with E-state index in [0.717, 1.165) is 41.1 Å². The molecule has 2 heterocycles. The van der Waals surface area contributed by atoms with Gasteiger partial charge in [0.25, 0.3) is 0 Å². The number of carbonyl (C=O) groups is 1. The van der Waals surface area contributed by atoms with E-state index in [2.05, 4.69) is 6.07 Å². The summed E-state index contributed by atoms with van der Waals surface area (Å²) < 4.78 is 24.5. The zero-order chi connectivity index (χ0) is 20.6.